The fourth-order valence-electron chi connectivity index (χ4n) is 2.65. The molecule has 1 atom stereocenters. The summed E-state index contributed by atoms with van der Waals surface area (Å²) >= 11 is 0. The minimum Gasteiger partial charge on any atom is -0.481 e. The van der Waals surface area contributed by atoms with Gasteiger partial charge in [-0.1, -0.05) is 48.5 Å². The minimum absolute atomic E-state index is 0.292. The number of hydrogen-bond acceptors (Lipinski definition) is 3. The zero-order valence-corrected chi connectivity index (χ0v) is 10.6. The van der Waals surface area contributed by atoms with Crippen LogP contribution in [0.4, 0.5) is 0 Å². The Kier molecular flexibility index (Phi) is 2.79. The molecule has 0 fully saturated rings. The number of carbonyl (C=O) groups excluding carboxylic acids is 1. The highest BCUT2D eigenvalue weighted by Gasteiger charge is 2.48. The van der Waals surface area contributed by atoms with Gasteiger partial charge in [0.05, 0.1) is 12.0 Å². The number of carboxylic acids is 1. The van der Waals surface area contributed by atoms with E-state index in [1.807, 2.05) is 6.07 Å². The van der Waals surface area contributed by atoms with Crippen molar-refractivity contribution in [1.29, 1.82) is 0 Å². The number of hydrogen-bond donors (Lipinski definition) is 1. The average molecular weight is 268 g/mol. The van der Waals surface area contributed by atoms with Crippen LogP contribution in [0.25, 0.3) is 0 Å². The summed E-state index contributed by atoms with van der Waals surface area (Å²) in [5.74, 6) is -1.50. The van der Waals surface area contributed by atoms with Crippen LogP contribution in [0.3, 0.4) is 0 Å². The lowest BCUT2D eigenvalue weighted by Crippen LogP contribution is -2.31. The molecule has 0 saturated carbocycles. The smallest absolute Gasteiger partial charge is 0.339 e. The van der Waals surface area contributed by atoms with Crippen LogP contribution in [0, 0.1) is 0 Å². The molecule has 1 aliphatic heterocycles. The van der Waals surface area contributed by atoms with Crippen LogP contribution in [0.2, 0.25) is 0 Å². The molecule has 1 aliphatic rings. The standard InChI is InChI=1S/C16H12O4/c17-14(18)10-16(11-6-2-1-3-7-11)13-9-5-4-8-12(13)15(19)20-16/h1-9H,10H2,(H,17,18). The highest BCUT2D eigenvalue weighted by atomic mass is 16.6. The molecule has 3 rings (SSSR count). The summed E-state index contributed by atoms with van der Waals surface area (Å²) in [6.07, 6.45) is -0.292. The van der Waals surface area contributed by atoms with E-state index in [2.05, 4.69) is 0 Å². The van der Waals surface area contributed by atoms with Gasteiger partial charge in [-0.2, -0.15) is 0 Å². The van der Waals surface area contributed by atoms with Crippen molar-refractivity contribution in [3.8, 4) is 0 Å². The van der Waals surface area contributed by atoms with Crippen LogP contribution in [0.5, 0.6) is 0 Å². The molecule has 4 heteroatoms. The highest BCUT2D eigenvalue weighted by Crippen LogP contribution is 2.44. The van der Waals surface area contributed by atoms with Crippen molar-refractivity contribution in [2.24, 2.45) is 0 Å². The van der Waals surface area contributed by atoms with E-state index in [-0.39, 0.29) is 6.42 Å². The van der Waals surface area contributed by atoms with Gasteiger partial charge in [0.2, 0.25) is 0 Å². The van der Waals surface area contributed by atoms with Crippen LogP contribution in [0.15, 0.2) is 54.6 Å². The van der Waals surface area contributed by atoms with Crippen molar-refractivity contribution in [2.45, 2.75) is 12.0 Å². The second-order valence-corrected chi connectivity index (χ2v) is 4.70. The van der Waals surface area contributed by atoms with Crippen molar-refractivity contribution in [1.82, 2.24) is 0 Å². The average Bonchev–Trinajstić information content (AvgIpc) is 2.74. The minimum atomic E-state index is -1.24. The van der Waals surface area contributed by atoms with Gasteiger partial charge in [0.25, 0.3) is 0 Å². The Morgan fingerprint density at radius 2 is 1.70 bits per heavy atom. The van der Waals surface area contributed by atoms with E-state index in [0.29, 0.717) is 16.7 Å². The predicted octanol–water partition coefficient (Wildman–Crippen LogP) is 2.58. The lowest BCUT2D eigenvalue weighted by atomic mass is 9.83. The number of fused-ring (bicyclic) bond motifs is 1. The number of rotatable bonds is 3. The van der Waals surface area contributed by atoms with Gasteiger partial charge in [-0.15, -0.1) is 0 Å². The predicted molar refractivity (Wildman–Crippen MR) is 71.3 cm³/mol. The zero-order chi connectivity index (χ0) is 14.2. The number of ether oxygens (including phenoxy) is 1. The summed E-state index contributed by atoms with van der Waals surface area (Å²) in [6, 6.07) is 15.9. The Hall–Kier alpha value is -2.62. The van der Waals surface area contributed by atoms with Crippen molar-refractivity contribution >= 4 is 11.9 Å². The van der Waals surface area contributed by atoms with Crippen LogP contribution in [-0.2, 0) is 15.1 Å². The summed E-state index contributed by atoms with van der Waals surface area (Å²) in [7, 11) is 0. The number of cyclic esters (lactones) is 1. The summed E-state index contributed by atoms with van der Waals surface area (Å²) < 4.78 is 5.50. The van der Waals surface area contributed by atoms with Crippen molar-refractivity contribution in [2.75, 3.05) is 0 Å². The molecular weight excluding hydrogens is 256 g/mol. The molecule has 0 radical (unpaired) electrons. The topological polar surface area (TPSA) is 63.6 Å². The lowest BCUT2D eigenvalue weighted by molar-refractivity contribution is -0.141. The Morgan fingerprint density at radius 3 is 2.40 bits per heavy atom. The van der Waals surface area contributed by atoms with E-state index < -0.39 is 17.5 Å². The number of aliphatic carboxylic acids is 1. The van der Waals surface area contributed by atoms with E-state index >= 15 is 0 Å². The number of carbonyl (C=O) groups is 2. The molecular formula is C16H12O4. The lowest BCUT2D eigenvalue weighted by Gasteiger charge is -2.27. The fourth-order valence-corrected chi connectivity index (χ4v) is 2.65. The Labute approximate surface area is 115 Å². The molecule has 2 aromatic rings. The number of benzene rings is 2. The summed E-state index contributed by atoms with van der Waals surface area (Å²) in [5, 5.41) is 9.22. The molecule has 1 N–H and O–H groups in total. The van der Waals surface area contributed by atoms with E-state index in [0.717, 1.165) is 0 Å². The molecule has 0 saturated heterocycles. The first-order valence-electron chi connectivity index (χ1n) is 6.24. The van der Waals surface area contributed by atoms with Gasteiger partial charge in [0.1, 0.15) is 0 Å². The molecule has 0 amide bonds. The maximum absolute atomic E-state index is 12.0. The molecule has 0 aliphatic carbocycles. The van der Waals surface area contributed by atoms with E-state index in [1.54, 1.807) is 48.5 Å². The molecule has 0 spiro atoms. The van der Waals surface area contributed by atoms with Crippen molar-refractivity contribution < 1.29 is 19.4 Å². The summed E-state index contributed by atoms with van der Waals surface area (Å²) in [4.78, 5) is 23.3. The first kappa shape index (κ1) is 12.4. The first-order valence-corrected chi connectivity index (χ1v) is 6.24. The molecule has 1 heterocycles. The van der Waals surface area contributed by atoms with E-state index in [1.165, 1.54) is 0 Å². The van der Waals surface area contributed by atoms with Gasteiger partial charge in [0.15, 0.2) is 5.60 Å². The van der Waals surface area contributed by atoms with Gasteiger partial charge in [0, 0.05) is 11.1 Å². The molecule has 4 nitrogen and oxygen atoms in total. The second-order valence-electron chi connectivity index (χ2n) is 4.70. The summed E-state index contributed by atoms with van der Waals surface area (Å²) in [5.41, 5.74) is 0.470. The Bertz CT molecular complexity index is 674. The molecule has 2 aromatic carbocycles. The van der Waals surface area contributed by atoms with Crippen molar-refractivity contribution in [3.05, 3.63) is 71.3 Å². The maximum Gasteiger partial charge on any atom is 0.339 e. The largest absolute Gasteiger partial charge is 0.481 e. The van der Waals surface area contributed by atoms with Crippen LogP contribution >= 0.6 is 0 Å². The van der Waals surface area contributed by atoms with Gasteiger partial charge in [-0.3, -0.25) is 4.79 Å². The SMILES string of the molecule is O=C(O)CC1(c2ccccc2)OC(=O)c2ccccc21. The normalized spacial score (nSPS) is 20.3. The van der Waals surface area contributed by atoms with Crippen LogP contribution in [-0.4, -0.2) is 17.0 Å². The molecule has 20 heavy (non-hydrogen) atoms. The quantitative estimate of drug-likeness (QED) is 0.869. The third-order valence-corrected chi connectivity index (χ3v) is 3.49. The Morgan fingerprint density at radius 1 is 1.05 bits per heavy atom. The monoisotopic (exact) mass is 268 g/mol. The maximum atomic E-state index is 12.0. The molecule has 1 unspecified atom stereocenters. The van der Waals surface area contributed by atoms with Crippen LogP contribution in [0.1, 0.15) is 27.9 Å². The molecule has 0 bridgehead atoms. The van der Waals surface area contributed by atoms with Gasteiger partial charge in [-0.25, -0.2) is 4.79 Å². The summed E-state index contributed by atoms with van der Waals surface area (Å²) in [6.45, 7) is 0. The fraction of sp³-hybridized carbons (Fsp3) is 0.125. The van der Waals surface area contributed by atoms with E-state index in [4.69, 9.17) is 4.74 Å². The van der Waals surface area contributed by atoms with Gasteiger partial charge < -0.3 is 9.84 Å². The van der Waals surface area contributed by atoms with Crippen LogP contribution < -0.4 is 0 Å². The Balaban J connectivity index is 2.24. The molecule has 100 valence electrons. The third-order valence-electron chi connectivity index (χ3n) is 3.49. The van der Waals surface area contributed by atoms with E-state index in [9.17, 15) is 14.7 Å². The molecule has 0 aromatic heterocycles. The number of carboxylic acid groups (broad SMARTS) is 1. The van der Waals surface area contributed by atoms with Gasteiger partial charge in [-0.05, 0) is 6.07 Å². The first-order chi connectivity index (χ1) is 9.63. The third kappa shape index (κ3) is 1.77. The highest BCUT2D eigenvalue weighted by molar-refractivity contribution is 5.96. The second kappa shape index (κ2) is 4.49. The number of esters is 1. The zero-order valence-electron chi connectivity index (χ0n) is 10.6. The van der Waals surface area contributed by atoms with Crippen molar-refractivity contribution in [3.63, 3.8) is 0 Å². The van der Waals surface area contributed by atoms with Gasteiger partial charge >= 0.3 is 11.9 Å².